The molecule has 0 bridgehead atoms. The number of carbonyl (C=O) groups excluding carboxylic acids is 5. The van der Waals surface area contributed by atoms with Gasteiger partial charge in [-0.2, -0.15) is 10.2 Å². The number of fused-ring (bicyclic) bond motifs is 2. The lowest BCUT2D eigenvalue weighted by molar-refractivity contribution is -0.144. The molecule has 3 fully saturated rings. The number of β-amino-alcohol motifs (C(OH)–C–C–N with tert-alkyl or cyclic N) is 1. The largest absolute Gasteiger partial charge is 0.391 e. The summed E-state index contributed by atoms with van der Waals surface area (Å²) < 4.78 is 30.8. The van der Waals surface area contributed by atoms with Gasteiger partial charge in [-0.3, -0.25) is 33.8 Å². The smallest absolute Gasteiger partial charge is 0.276 e. The molecular weight excluding hydrogens is 943 g/mol. The van der Waals surface area contributed by atoms with Crippen molar-refractivity contribution in [1.82, 2.24) is 45.4 Å². The number of anilines is 1. The number of aliphatic hydroxyl groups is 1. The Morgan fingerprint density at radius 3 is 2.38 bits per heavy atom. The molecule has 16 nitrogen and oxygen atoms in total. The lowest BCUT2D eigenvalue weighted by Crippen LogP contribution is -2.57. The molecule has 9 rings (SSSR count). The fraction of sp³-hybridized carbons (Fsp3) is 0.509. The van der Waals surface area contributed by atoms with Crippen molar-refractivity contribution in [2.24, 2.45) is 22.7 Å². The Morgan fingerprint density at radius 1 is 0.958 bits per heavy atom. The van der Waals surface area contributed by atoms with E-state index in [0.717, 1.165) is 27.3 Å². The molecule has 2 saturated heterocycles. The first kappa shape index (κ1) is 50.6. The predicted molar refractivity (Wildman–Crippen MR) is 267 cm³/mol. The standard InChI is InChI=1S/C53H64F2N10O6S/c1-30(32-17-19-34(20-18-32)46-31(2)56-29-72-46)58-48(69)40-21-37(66)28-64(40)50(71)47(51(3,4)5)60-42(67)15-11-8-12-16-43(68)63-25-35(26-63)45(33-13-9-7-10-14-33)65-27-36(24-57-65)59-49(70)44-38-22-41-52(6,53(41,54)55)23-39(38)61-62-44/h7,9-10,13-14,17-20,24,27,29-30,35,37,40-41,45,47,66H,8,11-12,15-16,21-23,25-26,28H2,1-6H3,(H,58,69)(H,59,70)(H,60,67)(H,61,62)/t30-,37+,40-,41-,45+,47+,52+/m0/s1. The Hall–Kier alpha value is -6.34. The van der Waals surface area contributed by atoms with Crippen LogP contribution >= 0.6 is 11.3 Å². The molecule has 1 saturated carbocycles. The first-order valence-electron chi connectivity index (χ1n) is 24.9. The second-order valence-corrected chi connectivity index (χ2v) is 22.4. The number of hydrogen-bond donors (Lipinski definition) is 5. The minimum Gasteiger partial charge on any atom is -0.391 e. The van der Waals surface area contributed by atoms with E-state index in [1.165, 1.54) is 4.90 Å². The molecule has 382 valence electrons. The number of alkyl halides is 2. The molecular formula is C53H64F2N10O6S. The van der Waals surface area contributed by atoms with Gasteiger partial charge in [0.15, 0.2) is 5.69 Å². The molecule has 5 amide bonds. The van der Waals surface area contributed by atoms with Crippen LogP contribution in [-0.4, -0.2) is 113 Å². The van der Waals surface area contributed by atoms with Gasteiger partial charge in [0, 0.05) is 80.0 Å². The maximum absolute atomic E-state index is 14.5. The molecule has 2 aromatic carbocycles. The second-order valence-electron chi connectivity index (χ2n) is 21.5. The monoisotopic (exact) mass is 1010 g/mol. The predicted octanol–water partition coefficient (Wildman–Crippen LogP) is 7.03. The molecule has 0 radical (unpaired) electrons. The molecule has 4 aliphatic rings. The summed E-state index contributed by atoms with van der Waals surface area (Å²) in [5.41, 5.74) is 5.55. The molecule has 5 N–H and O–H groups in total. The highest BCUT2D eigenvalue weighted by Crippen LogP contribution is 2.70. The van der Waals surface area contributed by atoms with Crippen molar-refractivity contribution in [2.45, 2.75) is 129 Å². The number of carbonyl (C=O) groups is 5. The number of nitrogens with one attached hydrogen (secondary N) is 4. The number of aryl methyl sites for hydroxylation is 1. The van der Waals surface area contributed by atoms with Crippen molar-refractivity contribution < 1.29 is 37.9 Å². The maximum atomic E-state index is 14.5. The number of aromatic nitrogens is 5. The van der Waals surface area contributed by atoms with Crippen molar-refractivity contribution in [3.8, 4) is 10.4 Å². The number of aliphatic hydroxyl groups excluding tert-OH is 1. The van der Waals surface area contributed by atoms with Gasteiger partial charge < -0.3 is 30.9 Å². The van der Waals surface area contributed by atoms with Crippen molar-refractivity contribution in [1.29, 1.82) is 0 Å². The van der Waals surface area contributed by atoms with Crippen LogP contribution in [0.25, 0.3) is 10.4 Å². The van der Waals surface area contributed by atoms with E-state index < -0.39 is 52.7 Å². The van der Waals surface area contributed by atoms with Crippen LogP contribution in [-0.2, 0) is 32.0 Å². The number of thiazole rings is 1. The van der Waals surface area contributed by atoms with Gasteiger partial charge in [-0.15, -0.1) is 11.3 Å². The van der Waals surface area contributed by atoms with Crippen LogP contribution in [0, 0.1) is 29.6 Å². The third-order valence-electron chi connectivity index (χ3n) is 15.4. The van der Waals surface area contributed by atoms with E-state index in [9.17, 15) is 37.9 Å². The first-order valence-corrected chi connectivity index (χ1v) is 25.8. The number of rotatable bonds is 17. The molecule has 0 unspecified atom stereocenters. The number of amides is 5. The summed E-state index contributed by atoms with van der Waals surface area (Å²) in [5, 5.41) is 31.1. The van der Waals surface area contributed by atoms with Crippen LogP contribution in [0.15, 0.2) is 72.5 Å². The average molecular weight is 1010 g/mol. The average Bonchev–Trinajstić information content (AvgIpc) is 4.05. The lowest BCUT2D eigenvalue weighted by atomic mass is 9.85. The first-order chi connectivity index (χ1) is 34.2. The number of benzene rings is 2. The zero-order valence-corrected chi connectivity index (χ0v) is 42.4. The minimum absolute atomic E-state index is 0.0154. The van der Waals surface area contributed by atoms with Crippen LogP contribution < -0.4 is 16.0 Å². The van der Waals surface area contributed by atoms with Gasteiger partial charge in [0.05, 0.1) is 46.2 Å². The molecule has 0 spiro atoms. The molecule has 3 aromatic heterocycles. The van der Waals surface area contributed by atoms with Crippen LogP contribution in [0.5, 0.6) is 0 Å². The topological polar surface area (TPSA) is 208 Å². The zero-order chi connectivity index (χ0) is 51.3. The fourth-order valence-corrected chi connectivity index (χ4v) is 11.7. The van der Waals surface area contributed by atoms with Crippen molar-refractivity contribution in [3.05, 3.63) is 106 Å². The fourth-order valence-electron chi connectivity index (χ4n) is 10.9. The highest BCUT2D eigenvalue weighted by atomic mass is 32.1. The number of halogens is 2. The highest BCUT2D eigenvalue weighted by Gasteiger charge is 2.78. The van der Waals surface area contributed by atoms with Crippen LogP contribution in [0.4, 0.5) is 14.5 Å². The highest BCUT2D eigenvalue weighted by molar-refractivity contribution is 7.13. The lowest BCUT2D eigenvalue weighted by Gasteiger charge is -2.43. The summed E-state index contributed by atoms with van der Waals surface area (Å²) in [7, 11) is 0. The van der Waals surface area contributed by atoms with Crippen molar-refractivity contribution >= 4 is 46.6 Å². The number of aromatic amines is 1. The Kier molecular flexibility index (Phi) is 14.0. The minimum atomic E-state index is -2.77. The third-order valence-corrected chi connectivity index (χ3v) is 16.3. The number of unbranched alkanes of at least 4 members (excludes halogenated alkanes) is 2. The second kappa shape index (κ2) is 19.9. The van der Waals surface area contributed by atoms with E-state index in [4.69, 9.17) is 0 Å². The van der Waals surface area contributed by atoms with Gasteiger partial charge in [-0.1, -0.05) is 88.7 Å². The summed E-state index contributed by atoms with van der Waals surface area (Å²) in [4.78, 5) is 76.7. The summed E-state index contributed by atoms with van der Waals surface area (Å²) in [6, 6.07) is 15.3. The van der Waals surface area contributed by atoms with Gasteiger partial charge in [-0.05, 0) is 55.2 Å². The summed E-state index contributed by atoms with van der Waals surface area (Å²) in [6.45, 7) is 12.0. The Bertz CT molecular complexity index is 2820. The molecule has 19 heteroatoms. The van der Waals surface area contributed by atoms with Gasteiger partial charge >= 0.3 is 0 Å². The number of H-pyrrole nitrogens is 1. The van der Waals surface area contributed by atoms with Gasteiger partial charge in [0.25, 0.3) is 11.8 Å². The van der Waals surface area contributed by atoms with Crippen LogP contribution in [0.2, 0.25) is 0 Å². The normalized spacial score (nSPS) is 22.5. The molecule has 2 aliphatic carbocycles. The van der Waals surface area contributed by atoms with E-state index in [1.54, 1.807) is 35.3 Å². The van der Waals surface area contributed by atoms with E-state index in [1.807, 2.05) is 99.6 Å². The third kappa shape index (κ3) is 10.1. The van der Waals surface area contributed by atoms with E-state index >= 15 is 0 Å². The van der Waals surface area contributed by atoms with Gasteiger partial charge in [-0.25, -0.2) is 13.8 Å². The van der Waals surface area contributed by atoms with E-state index in [0.29, 0.717) is 55.7 Å². The van der Waals surface area contributed by atoms with Crippen LogP contribution in [0.1, 0.15) is 124 Å². The van der Waals surface area contributed by atoms with Crippen LogP contribution in [0.3, 0.4) is 0 Å². The van der Waals surface area contributed by atoms with Crippen molar-refractivity contribution in [3.63, 3.8) is 0 Å². The quantitative estimate of drug-likeness (QED) is 0.0606. The Morgan fingerprint density at radius 2 is 1.68 bits per heavy atom. The van der Waals surface area contributed by atoms with Gasteiger partial charge in [0.2, 0.25) is 23.6 Å². The molecule has 7 atom stereocenters. The number of hydrogen-bond acceptors (Lipinski definition) is 10. The zero-order valence-electron chi connectivity index (χ0n) is 41.6. The Labute approximate surface area is 421 Å². The van der Waals surface area contributed by atoms with Crippen molar-refractivity contribution in [2.75, 3.05) is 25.0 Å². The summed E-state index contributed by atoms with van der Waals surface area (Å²) >= 11 is 1.57. The maximum Gasteiger partial charge on any atom is 0.276 e. The Balaban J connectivity index is 0.728. The molecule has 5 heterocycles. The van der Waals surface area contributed by atoms with E-state index in [2.05, 4.69) is 36.2 Å². The number of nitrogens with zero attached hydrogens (tertiary/aromatic N) is 6. The van der Waals surface area contributed by atoms with E-state index in [-0.39, 0.29) is 73.6 Å². The summed E-state index contributed by atoms with van der Waals surface area (Å²) in [6.07, 6.45) is 4.90. The number of likely N-dealkylation sites (tertiary alicyclic amines) is 2. The van der Waals surface area contributed by atoms with Gasteiger partial charge in [0.1, 0.15) is 12.1 Å². The molecule has 2 aliphatic heterocycles. The molecule has 5 aromatic rings. The summed E-state index contributed by atoms with van der Waals surface area (Å²) in [5.74, 6) is -5.13. The molecule has 72 heavy (non-hydrogen) atoms. The SMILES string of the molecule is Cc1ncsc1-c1ccc([C@H](C)NC(=O)[C@@H]2C[C@@H](O)CN2C(=O)[C@@H](NC(=O)CCCCCC(=O)N2CC([C@@H](c3ccccc3)n3cc(NC(=O)c4n[nH]c5c4C[C@@H]4C(F)(F)[C@]4(C)C5)cn3)C2)C(C)(C)C)cc1.